The molecule has 0 fully saturated rings. The number of methoxy groups -OCH3 is 1. The average molecular weight is 233 g/mol. The van der Waals surface area contributed by atoms with Gasteiger partial charge in [0.2, 0.25) is 5.91 Å². The van der Waals surface area contributed by atoms with Gasteiger partial charge in [-0.2, -0.15) is 0 Å². The number of carbonyl (C=O) groups excluding carboxylic acids is 1. The smallest absolute Gasteiger partial charge is 0.229 e. The summed E-state index contributed by atoms with van der Waals surface area (Å²) in [6, 6.07) is 5.99. The highest BCUT2D eigenvalue weighted by Crippen LogP contribution is 2.36. The Morgan fingerprint density at radius 2 is 2.18 bits per heavy atom. The van der Waals surface area contributed by atoms with E-state index < -0.39 is 0 Å². The van der Waals surface area contributed by atoms with Crippen molar-refractivity contribution in [2.75, 3.05) is 18.6 Å². The first-order chi connectivity index (χ1) is 8.15. The number of amides is 1. The number of benzene rings is 1. The molecule has 0 spiro atoms. The van der Waals surface area contributed by atoms with E-state index in [1.165, 1.54) is 5.56 Å². The molecule has 2 rings (SSSR count). The van der Waals surface area contributed by atoms with Gasteiger partial charge in [0.15, 0.2) is 0 Å². The summed E-state index contributed by atoms with van der Waals surface area (Å²) in [5.41, 5.74) is 2.18. The molecular formula is C14H19NO2. The van der Waals surface area contributed by atoms with Gasteiger partial charge in [-0.1, -0.05) is 26.0 Å². The van der Waals surface area contributed by atoms with Crippen LogP contribution in [0.4, 0.5) is 5.69 Å². The number of hydrogen-bond acceptors (Lipinski definition) is 2. The van der Waals surface area contributed by atoms with E-state index in [2.05, 4.69) is 6.07 Å². The standard InChI is InChI=1S/C14H19NO2/c1-10(2)14(16)15-9-5-7-11-6-4-8-12(17-3)13(11)15/h4,6,8,10H,5,7,9H2,1-3H3. The zero-order valence-corrected chi connectivity index (χ0v) is 10.7. The maximum Gasteiger partial charge on any atom is 0.229 e. The SMILES string of the molecule is COc1cccc2c1N(C(=O)C(C)C)CCC2. The van der Waals surface area contributed by atoms with Gasteiger partial charge in [-0.05, 0) is 24.5 Å². The summed E-state index contributed by atoms with van der Waals surface area (Å²) in [4.78, 5) is 14.1. The lowest BCUT2D eigenvalue weighted by Gasteiger charge is -2.32. The highest BCUT2D eigenvalue weighted by atomic mass is 16.5. The lowest BCUT2D eigenvalue weighted by Crippen LogP contribution is -2.38. The van der Waals surface area contributed by atoms with Gasteiger partial charge >= 0.3 is 0 Å². The number of fused-ring (bicyclic) bond motifs is 1. The van der Waals surface area contributed by atoms with Crippen LogP contribution in [0.3, 0.4) is 0 Å². The quantitative estimate of drug-likeness (QED) is 0.786. The molecule has 0 aliphatic carbocycles. The van der Waals surface area contributed by atoms with Crippen LogP contribution < -0.4 is 9.64 Å². The van der Waals surface area contributed by atoms with Gasteiger partial charge in [0, 0.05) is 12.5 Å². The first-order valence-corrected chi connectivity index (χ1v) is 6.12. The van der Waals surface area contributed by atoms with Crippen LogP contribution in [0.15, 0.2) is 18.2 Å². The fraction of sp³-hybridized carbons (Fsp3) is 0.500. The molecule has 1 aliphatic rings. The molecule has 17 heavy (non-hydrogen) atoms. The normalized spacial score (nSPS) is 14.7. The summed E-state index contributed by atoms with van der Waals surface area (Å²) in [5, 5.41) is 0. The van der Waals surface area contributed by atoms with E-state index in [0.29, 0.717) is 0 Å². The first kappa shape index (κ1) is 12.0. The van der Waals surface area contributed by atoms with Crippen molar-refractivity contribution in [1.29, 1.82) is 0 Å². The van der Waals surface area contributed by atoms with E-state index in [1.54, 1.807) is 7.11 Å². The number of rotatable bonds is 2. The van der Waals surface area contributed by atoms with Crippen LogP contribution in [-0.2, 0) is 11.2 Å². The summed E-state index contributed by atoms with van der Waals surface area (Å²) >= 11 is 0. The Labute approximate surface area is 102 Å². The third kappa shape index (κ3) is 2.14. The summed E-state index contributed by atoms with van der Waals surface area (Å²) in [7, 11) is 1.66. The Bertz CT molecular complexity index is 412. The van der Waals surface area contributed by atoms with Crippen molar-refractivity contribution >= 4 is 11.6 Å². The van der Waals surface area contributed by atoms with E-state index in [1.807, 2.05) is 30.9 Å². The monoisotopic (exact) mass is 233 g/mol. The fourth-order valence-electron chi connectivity index (χ4n) is 2.31. The Kier molecular flexibility index (Phi) is 3.36. The number of nitrogens with zero attached hydrogens (tertiary/aromatic N) is 1. The van der Waals surface area contributed by atoms with Crippen LogP contribution in [0.1, 0.15) is 25.8 Å². The molecule has 0 saturated heterocycles. The second-order valence-electron chi connectivity index (χ2n) is 4.72. The second-order valence-corrected chi connectivity index (χ2v) is 4.72. The molecule has 1 heterocycles. The minimum atomic E-state index is 0.0193. The van der Waals surface area contributed by atoms with Gasteiger partial charge in [0.25, 0.3) is 0 Å². The average Bonchev–Trinajstić information content (AvgIpc) is 2.36. The molecule has 0 aromatic heterocycles. The Morgan fingerprint density at radius 1 is 1.41 bits per heavy atom. The predicted molar refractivity (Wildman–Crippen MR) is 68.5 cm³/mol. The van der Waals surface area contributed by atoms with Gasteiger partial charge in [-0.15, -0.1) is 0 Å². The van der Waals surface area contributed by atoms with E-state index >= 15 is 0 Å². The molecule has 0 unspecified atom stereocenters. The third-order valence-corrected chi connectivity index (χ3v) is 3.16. The summed E-state index contributed by atoms with van der Waals surface area (Å²) < 4.78 is 5.38. The van der Waals surface area contributed by atoms with Crippen molar-refractivity contribution in [2.45, 2.75) is 26.7 Å². The van der Waals surface area contributed by atoms with Crippen molar-refractivity contribution in [1.82, 2.24) is 0 Å². The molecular weight excluding hydrogens is 214 g/mol. The summed E-state index contributed by atoms with van der Waals surface area (Å²) in [6.45, 7) is 4.67. The largest absolute Gasteiger partial charge is 0.495 e. The molecule has 0 atom stereocenters. The van der Waals surface area contributed by atoms with Crippen LogP contribution in [0, 0.1) is 5.92 Å². The molecule has 0 radical (unpaired) electrons. The van der Waals surface area contributed by atoms with Crippen LogP contribution in [0.2, 0.25) is 0 Å². The maximum absolute atomic E-state index is 12.2. The van der Waals surface area contributed by atoms with Gasteiger partial charge in [-0.25, -0.2) is 0 Å². The highest BCUT2D eigenvalue weighted by molar-refractivity contribution is 5.97. The minimum Gasteiger partial charge on any atom is -0.495 e. The maximum atomic E-state index is 12.2. The number of anilines is 1. The minimum absolute atomic E-state index is 0.0193. The van der Waals surface area contributed by atoms with Gasteiger partial charge in [0.1, 0.15) is 5.75 Å². The topological polar surface area (TPSA) is 29.5 Å². The third-order valence-electron chi connectivity index (χ3n) is 3.16. The molecule has 0 N–H and O–H groups in total. The Balaban J connectivity index is 2.45. The van der Waals surface area contributed by atoms with E-state index in [-0.39, 0.29) is 11.8 Å². The highest BCUT2D eigenvalue weighted by Gasteiger charge is 2.26. The zero-order chi connectivity index (χ0) is 12.4. The molecule has 1 aliphatic heterocycles. The summed E-state index contributed by atoms with van der Waals surface area (Å²) in [5.74, 6) is 0.998. The van der Waals surface area contributed by atoms with Crippen molar-refractivity contribution in [2.24, 2.45) is 5.92 Å². The number of carbonyl (C=O) groups is 1. The number of para-hydroxylation sites is 1. The van der Waals surface area contributed by atoms with E-state index in [0.717, 1.165) is 30.8 Å². The molecule has 0 saturated carbocycles. The first-order valence-electron chi connectivity index (χ1n) is 6.12. The van der Waals surface area contributed by atoms with Crippen molar-refractivity contribution in [3.63, 3.8) is 0 Å². The molecule has 92 valence electrons. The lowest BCUT2D eigenvalue weighted by atomic mass is 9.99. The van der Waals surface area contributed by atoms with Crippen molar-refractivity contribution in [3.05, 3.63) is 23.8 Å². The molecule has 1 amide bonds. The number of hydrogen-bond donors (Lipinski definition) is 0. The van der Waals surface area contributed by atoms with Crippen LogP contribution in [0.5, 0.6) is 5.75 Å². The fourth-order valence-corrected chi connectivity index (χ4v) is 2.31. The van der Waals surface area contributed by atoms with Crippen LogP contribution in [0.25, 0.3) is 0 Å². The lowest BCUT2D eigenvalue weighted by molar-refractivity contribution is -0.121. The second kappa shape index (κ2) is 4.78. The van der Waals surface area contributed by atoms with E-state index in [9.17, 15) is 4.79 Å². The zero-order valence-electron chi connectivity index (χ0n) is 10.7. The number of ether oxygens (including phenoxy) is 1. The molecule has 1 aromatic carbocycles. The predicted octanol–water partition coefficient (Wildman–Crippen LogP) is 2.63. The van der Waals surface area contributed by atoms with Gasteiger partial charge in [-0.3, -0.25) is 4.79 Å². The van der Waals surface area contributed by atoms with Crippen molar-refractivity contribution in [3.8, 4) is 5.75 Å². The van der Waals surface area contributed by atoms with Crippen LogP contribution in [-0.4, -0.2) is 19.6 Å². The Hall–Kier alpha value is -1.51. The molecule has 1 aromatic rings. The molecule has 3 nitrogen and oxygen atoms in total. The molecule has 0 bridgehead atoms. The van der Waals surface area contributed by atoms with Gasteiger partial charge < -0.3 is 9.64 Å². The molecule has 3 heteroatoms. The Morgan fingerprint density at radius 3 is 2.82 bits per heavy atom. The van der Waals surface area contributed by atoms with Gasteiger partial charge in [0.05, 0.1) is 12.8 Å². The summed E-state index contributed by atoms with van der Waals surface area (Å²) in [6.07, 6.45) is 2.05. The number of aryl methyl sites for hydroxylation is 1. The van der Waals surface area contributed by atoms with Crippen molar-refractivity contribution < 1.29 is 9.53 Å². The van der Waals surface area contributed by atoms with Crippen LogP contribution >= 0.6 is 0 Å². The van der Waals surface area contributed by atoms with E-state index in [4.69, 9.17) is 4.74 Å².